The summed E-state index contributed by atoms with van der Waals surface area (Å²) in [5, 5.41) is 12.6. The monoisotopic (exact) mass is 208 g/mol. The Balaban J connectivity index is 2.06. The molecule has 1 saturated heterocycles. The number of likely N-dealkylation sites (tertiary alicyclic amines) is 1. The molecular formula is C12H20N2O. The van der Waals surface area contributed by atoms with Gasteiger partial charge < -0.3 is 5.21 Å². The van der Waals surface area contributed by atoms with Crippen molar-refractivity contribution in [1.82, 2.24) is 4.90 Å². The summed E-state index contributed by atoms with van der Waals surface area (Å²) >= 11 is 0. The molecule has 1 aliphatic heterocycles. The number of hydrogen-bond donors (Lipinski definition) is 1. The summed E-state index contributed by atoms with van der Waals surface area (Å²) in [6.45, 7) is 2.35. The Kier molecular flexibility index (Phi) is 3.78. The molecule has 1 atom stereocenters. The van der Waals surface area contributed by atoms with Crippen LogP contribution in [0.3, 0.4) is 0 Å². The molecule has 0 aromatic heterocycles. The van der Waals surface area contributed by atoms with Crippen LogP contribution in [0.25, 0.3) is 0 Å². The molecule has 15 heavy (non-hydrogen) atoms. The van der Waals surface area contributed by atoms with Gasteiger partial charge in [-0.1, -0.05) is 17.3 Å². The molecule has 0 radical (unpaired) electrons. The molecule has 84 valence electrons. The Hall–Kier alpha value is -0.830. The zero-order valence-electron chi connectivity index (χ0n) is 9.23. The van der Waals surface area contributed by atoms with E-state index in [0.717, 1.165) is 31.4 Å². The summed E-state index contributed by atoms with van der Waals surface area (Å²) in [5.74, 6) is 0. The van der Waals surface area contributed by atoms with Crippen molar-refractivity contribution in [2.75, 3.05) is 13.1 Å². The maximum absolute atomic E-state index is 9.08. The van der Waals surface area contributed by atoms with E-state index in [1.165, 1.54) is 25.9 Å². The second-order valence-electron chi connectivity index (χ2n) is 4.44. The highest BCUT2D eigenvalue weighted by atomic mass is 16.4. The third kappa shape index (κ3) is 2.59. The maximum atomic E-state index is 9.08. The van der Waals surface area contributed by atoms with Crippen molar-refractivity contribution >= 4 is 5.71 Å². The standard InChI is InChI=1S/C12H20N2O/c15-13-11-7-3-1-2-4-8-12(11)14-9-5-6-10-14/h1-2,12,15H,3-10H2/b2-1?,13-11+/t12-/m0/s1. The van der Waals surface area contributed by atoms with Gasteiger partial charge in [0.25, 0.3) is 0 Å². The quantitative estimate of drug-likeness (QED) is 0.408. The molecule has 1 aliphatic carbocycles. The minimum Gasteiger partial charge on any atom is -0.411 e. The van der Waals surface area contributed by atoms with E-state index in [-0.39, 0.29) is 0 Å². The van der Waals surface area contributed by atoms with Gasteiger partial charge in [-0.3, -0.25) is 4.90 Å². The van der Waals surface area contributed by atoms with Gasteiger partial charge in [-0.15, -0.1) is 0 Å². The van der Waals surface area contributed by atoms with Crippen LogP contribution in [0.5, 0.6) is 0 Å². The van der Waals surface area contributed by atoms with Crippen molar-refractivity contribution in [1.29, 1.82) is 0 Å². The smallest absolute Gasteiger partial charge is 0.0745 e. The number of oxime groups is 1. The molecule has 0 aromatic carbocycles. The number of hydrogen-bond acceptors (Lipinski definition) is 3. The van der Waals surface area contributed by atoms with Gasteiger partial charge in [-0.25, -0.2) is 0 Å². The molecule has 2 rings (SSSR count). The third-order valence-corrected chi connectivity index (χ3v) is 3.44. The Labute approximate surface area is 91.5 Å². The van der Waals surface area contributed by atoms with Gasteiger partial charge in [0.1, 0.15) is 0 Å². The fourth-order valence-corrected chi connectivity index (χ4v) is 2.62. The lowest BCUT2D eigenvalue weighted by Crippen LogP contribution is -2.39. The van der Waals surface area contributed by atoms with E-state index in [9.17, 15) is 0 Å². The van der Waals surface area contributed by atoms with Gasteiger partial charge in [0.15, 0.2) is 0 Å². The summed E-state index contributed by atoms with van der Waals surface area (Å²) in [7, 11) is 0. The molecule has 0 spiro atoms. The van der Waals surface area contributed by atoms with Crippen molar-refractivity contribution in [2.24, 2.45) is 5.16 Å². The van der Waals surface area contributed by atoms with Crippen LogP contribution in [0.2, 0.25) is 0 Å². The molecule has 3 nitrogen and oxygen atoms in total. The van der Waals surface area contributed by atoms with Crippen LogP contribution < -0.4 is 0 Å². The summed E-state index contributed by atoms with van der Waals surface area (Å²) in [5.41, 5.74) is 0.987. The minimum absolute atomic E-state index is 0.391. The molecule has 2 aliphatic rings. The minimum atomic E-state index is 0.391. The van der Waals surface area contributed by atoms with Crippen molar-refractivity contribution in [3.63, 3.8) is 0 Å². The van der Waals surface area contributed by atoms with Gasteiger partial charge in [0.2, 0.25) is 0 Å². The number of rotatable bonds is 1. The van der Waals surface area contributed by atoms with Crippen LogP contribution in [0.15, 0.2) is 17.3 Å². The lowest BCUT2D eigenvalue weighted by atomic mass is 9.97. The van der Waals surface area contributed by atoms with E-state index >= 15 is 0 Å². The second-order valence-corrected chi connectivity index (χ2v) is 4.44. The summed E-state index contributed by atoms with van der Waals surface area (Å²) < 4.78 is 0. The SMILES string of the molecule is O/N=C1\CCC=CCC[C@@H]1N1CCCC1. The average Bonchev–Trinajstić information content (AvgIpc) is 2.71. The highest BCUT2D eigenvalue weighted by molar-refractivity contribution is 5.89. The van der Waals surface area contributed by atoms with Gasteiger partial charge >= 0.3 is 0 Å². The van der Waals surface area contributed by atoms with Gasteiger partial charge in [-0.05, 0) is 51.6 Å². The van der Waals surface area contributed by atoms with E-state index in [4.69, 9.17) is 5.21 Å². The first-order valence-electron chi connectivity index (χ1n) is 6.01. The van der Waals surface area contributed by atoms with Crippen molar-refractivity contribution < 1.29 is 5.21 Å². The first-order valence-corrected chi connectivity index (χ1v) is 6.01. The molecule has 1 N–H and O–H groups in total. The normalized spacial score (nSPS) is 31.7. The largest absolute Gasteiger partial charge is 0.411 e. The first-order chi connectivity index (χ1) is 7.42. The summed E-state index contributed by atoms with van der Waals surface area (Å²) in [6, 6.07) is 0.391. The zero-order valence-corrected chi connectivity index (χ0v) is 9.23. The lowest BCUT2D eigenvalue weighted by Gasteiger charge is -2.28. The number of nitrogens with zero attached hydrogens (tertiary/aromatic N) is 2. The van der Waals surface area contributed by atoms with Gasteiger partial charge in [0.05, 0.1) is 11.8 Å². The van der Waals surface area contributed by atoms with E-state index in [1.807, 2.05) is 0 Å². The molecule has 0 bridgehead atoms. The molecule has 0 amide bonds. The first kappa shape index (κ1) is 10.7. The van der Waals surface area contributed by atoms with E-state index in [2.05, 4.69) is 22.2 Å². The van der Waals surface area contributed by atoms with Crippen molar-refractivity contribution in [3.8, 4) is 0 Å². The van der Waals surface area contributed by atoms with Crippen LogP contribution in [0, 0.1) is 0 Å². The summed E-state index contributed by atoms with van der Waals surface area (Å²) in [4.78, 5) is 2.48. The predicted molar refractivity (Wildman–Crippen MR) is 61.4 cm³/mol. The summed E-state index contributed by atoms with van der Waals surface area (Å²) in [6.07, 6.45) is 11.2. The van der Waals surface area contributed by atoms with Gasteiger partial charge in [-0.2, -0.15) is 0 Å². The Morgan fingerprint density at radius 2 is 1.93 bits per heavy atom. The van der Waals surface area contributed by atoms with Crippen LogP contribution in [-0.2, 0) is 0 Å². The molecule has 1 fully saturated rings. The van der Waals surface area contributed by atoms with Crippen LogP contribution in [0.1, 0.15) is 38.5 Å². The topological polar surface area (TPSA) is 35.8 Å². The van der Waals surface area contributed by atoms with Crippen molar-refractivity contribution in [3.05, 3.63) is 12.2 Å². The average molecular weight is 208 g/mol. The molecular weight excluding hydrogens is 188 g/mol. The molecule has 3 heteroatoms. The molecule has 0 unspecified atom stereocenters. The maximum Gasteiger partial charge on any atom is 0.0745 e. The Morgan fingerprint density at radius 1 is 1.20 bits per heavy atom. The van der Waals surface area contributed by atoms with Gasteiger partial charge in [0, 0.05) is 0 Å². The highest BCUT2D eigenvalue weighted by Gasteiger charge is 2.26. The highest BCUT2D eigenvalue weighted by Crippen LogP contribution is 2.20. The molecule has 0 saturated carbocycles. The molecule has 1 heterocycles. The van der Waals surface area contributed by atoms with E-state index in [1.54, 1.807) is 0 Å². The lowest BCUT2D eigenvalue weighted by molar-refractivity contribution is 0.266. The van der Waals surface area contributed by atoms with E-state index in [0.29, 0.717) is 6.04 Å². The van der Waals surface area contributed by atoms with Crippen LogP contribution in [0.4, 0.5) is 0 Å². The van der Waals surface area contributed by atoms with E-state index < -0.39 is 0 Å². The fraction of sp³-hybridized carbons (Fsp3) is 0.750. The third-order valence-electron chi connectivity index (χ3n) is 3.44. The number of allylic oxidation sites excluding steroid dienone is 2. The Morgan fingerprint density at radius 3 is 2.67 bits per heavy atom. The Bertz CT molecular complexity index is 254. The van der Waals surface area contributed by atoms with Crippen LogP contribution in [-0.4, -0.2) is 35.0 Å². The second kappa shape index (κ2) is 5.31. The predicted octanol–water partition coefficient (Wildman–Crippen LogP) is 2.41. The molecule has 0 aromatic rings. The fourth-order valence-electron chi connectivity index (χ4n) is 2.62. The zero-order chi connectivity index (χ0) is 10.5. The van der Waals surface area contributed by atoms with Crippen LogP contribution >= 0.6 is 0 Å². The van der Waals surface area contributed by atoms with Crippen molar-refractivity contribution in [2.45, 2.75) is 44.6 Å².